The Bertz CT molecular complexity index is 297. The molecule has 3 nitrogen and oxygen atoms in total. The number of nitrogens with one attached hydrogen (secondary N) is 1. The van der Waals surface area contributed by atoms with Gasteiger partial charge < -0.3 is 9.94 Å². The van der Waals surface area contributed by atoms with E-state index in [1.807, 2.05) is 26.0 Å². The van der Waals surface area contributed by atoms with Crippen molar-refractivity contribution >= 4 is 0 Å². The van der Waals surface area contributed by atoms with Crippen molar-refractivity contribution in [1.29, 1.82) is 0 Å². The van der Waals surface area contributed by atoms with Gasteiger partial charge in [-0.25, -0.2) is 5.48 Å². The molecule has 0 aliphatic heterocycles. The lowest BCUT2D eigenvalue weighted by Crippen LogP contribution is -2.08. The van der Waals surface area contributed by atoms with Gasteiger partial charge in [0, 0.05) is 6.54 Å². The zero-order valence-electron chi connectivity index (χ0n) is 8.22. The molecule has 0 amide bonds. The molecule has 1 aromatic rings. The lowest BCUT2D eigenvalue weighted by Gasteiger charge is -2.12. The second kappa shape index (κ2) is 4.25. The van der Waals surface area contributed by atoms with E-state index in [9.17, 15) is 0 Å². The Morgan fingerprint density at radius 3 is 2.62 bits per heavy atom. The van der Waals surface area contributed by atoms with Crippen molar-refractivity contribution in [3.05, 3.63) is 28.8 Å². The normalized spacial score (nSPS) is 10.2. The molecule has 1 aromatic carbocycles. The molecular weight excluding hydrogens is 166 g/mol. The van der Waals surface area contributed by atoms with Crippen molar-refractivity contribution in [2.24, 2.45) is 0 Å². The molecular formula is C10H15NO2. The van der Waals surface area contributed by atoms with Crippen LogP contribution in [0.5, 0.6) is 5.75 Å². The fourth-order valence-electron chi connectivity index (χ4n) is 1.46. The van der Waals surface area contributed by atoms with E-state index in [0.717, 1.165) is 22.4 Å². The van der Waals surface area contributed by atoms with Gasteiger partial charge in [-0.3, -0.25) is 0 Å². The molecule has 0 saturated carbocycles. The van der Waals surface area contributed by atoms with Crippen molar-refractivity contribution in [2.75, 3.05) is 7.11 Å². The van der Waals surface area contributed by atoms with Crippen LogP contribution >= 0.6 is 0 Å². The molecule has 1 rings (SSSR count). The molecule has 72 valence electrons. The maximum Gasteiger partial charge on any atom is 0.124 e. The third-order valence-corrected chi connectivity index (χ3v) is 2.19. The first kappa shape index (κ1) is 10.0. The predicted molar refractivity (Wildman–Crippen MR) is 51.1 cm³/mol. The number of hydrogen-bond acceptors (Lipinski definition) is 3. The van der Waals surface area contributed by atoms with E-state index < -0.39 is 0 Å². The molecule has 0 unspecified atom stereocenters. The van der Waals surface area contributed by atoms with Gasteiger partial charge in [-0.2, -0.15) is 0 Å². The first-order valence-electron chi connectivity index (χ1n) is 4.20. The zero-order valence-corrected chi connectivity index (χ0v) is 8.22. The topological polar surface area (TPSA) is 41.5 Å². The highest BCUT2D eigenvalue weighted by atomic mass is 16.5. The van der Waals surface area contributed by atoms with Crippen molar-refractivity contribution in [3.63, 3.8) is 0 Å². The van der Waals surface area contributed by atoms with Crippen LogP contribution in [0.15, 0.2) is 12.1 Å². The Morgan fingerprint density at radius 1 is 1.38 bits per heavy atom. The average Bonchev–Trinajstić information content (AvgIpc) is 2.11. The van der Waals surface area contributed by atoms with Crippen LogP contribution in [-0.4, -0.2) is 12.3 Å². The van der Waals surface area contributed by atoms with E-state index in [-0.39, 0.29) is 0 Å². The molecule has 0 radical (unpaired) electrons. The van der Waals surface area contributed by atoms with E-state index in [1.165, 1.54) is 0 Å². The van der Waals surface area contributed by atoms with Crippen LogP contribution < -0.4 is 10.2 Å². The fourth-order valence-corrected chi connectivity index (χ4v) is 1.46. The van der Waals surface area contributed by atoms with Crippen molar-refractivity contribution in [1.82, 2.24) is 5.48 Å². The summed E-state index contributed by atoms with van der Waals surface area (Å²) in [4.78, 5) is 0. The Morgan fingerprint density at radius 2 is 2.08 bits per heavy atom. The highest BCUT2D eigenvalue weighted by Gasteiger charge is 2.06. The van der Waals surface area contributed by atoms with Gasteiger partial charge in [0.1, 0.15) is 5.75 Å². The molecule has 0 fully saturated rings. The SMILES string of the molecule is COc1c(C)ccc(CNO)c1C. The molecule has 0 spiro atoms. The number of ether oxygens (including phenoxy) is 1. The number of hydrogen-bond donors (Lipinski definition) is 2. The van der Waals surface area contributed by atoms with Crippen molar-refractivity contribution < 1.29 is 9.94 Å². The molecule has 0 atom stereocenters. The summed E-state index contributed by atoms with van der Waals surface area (Å²) in [6.07, 6.45) is 0. The second-order valence-electron chi connectivity index (χ2n) is 3.03. The summed E-state index contributed by atoms with van der Waals surface area (Å²) in [5.41, 5.74) is 5.37. The van der Waals surface area contributed by atoms with Gasteiger partial charge in [-0.1, -0.05) is 12.1 Å². The Balaban J connectivity index is 3.11. The highest BCUT2D eigenvalue weighted by Crippen LogP contribution is 2.25. The van der Waals surface area contributed by atoms with Crippen LogP contribution in [0, 0.1) is 13.8 Å². The van der Waals surface area contributed by atoms with Gasteiger partial charge in [-0.05, 0) is 30.5 Å². The minimum atomic E-state index is 0.447. The molecule has 0 aliphatic rings. The van der Waals surface area contributed by atoms with Gasteiger partial charge in [0.15, 0.2) is 0 Å². The fraction of sp³-hybridized carbons (Fsp3) is 0.400. The molecule has 13 heavy (non-hydrogen) atoms. The van der Waals surface area contributed by atoms with Crippen LogP contribution in [0.25, 0.3) is 0 Å². The van der Waals surface area contributed by atoms with E-state index in [2.05, 4.69) is 5.48 Å². The summed E-state index contributed by atoms with van der Waals surface area (Å²) in [6.45, 7) is 4.43. The Kier molecular flexibility index (Phi) is 3.28. The first-order valence-corrected chi connectivity index (χ1v) is 4.20. The molecule has 0 aromatic heterocycles. The average molecular weight is 181 g/mol. The van der Waals surface area contributed by atoms with E-state index in [1.54, 1.807) is 7.11 Å². The van der Waals surface area contributed by atoms with Gasteiger partial charge in [0.2, 0.25) is 0 Å². The van der Waals surface area contributed by atoms with Crippen LogP contribution in [0.3, 0.4) is 0 Å². The molecule has 2 N–H and O–H groups in total. The van der Waals surface area contributed by atoms with E-state index in [0.29, 0.717) is 6.54 Å². The molecule has 3 heteroatoms. The molecule has 0 saturated heterocycles. The molecule has 0 bridgehead atoms. The van der Waals surface area contributed by atoms with Crippen LogP contribution in [0.4, 0.5) is 0 Å². The van der Waals surface area contributed by atoms with Crippen molar-refractivity contribution in [3.8, 4) is 5.75 Å². The van der Waals surface area contributed by atoms with E-state index >= 15 is 0 Å². The standard InChI is InChI=1S/C10H15NO2/c1-7-4-5-9(6-11-12)8(2)10(7)13-3/h4-5,11-12H,6H2,1-3H3. The number of rotatable bonds is 3. The van der Waals surface area contributed by atoms with Crippen LogP contribution in [-0.2, 0) is 6.54 Å². The maximum atomic E-state index is 8.59. The largest absolute Gasteiger partial charge is 0.496 e. The lowest BCUT2D eigenvalue weighted by molar-refractivity contribution is 0.161. The quantitative estimate of drug-likeness (QED) is 0.698. The highest BCUT2D eigenvalue weighted by molar-refractivity contribution is 5.44. The lowest BCUT2D eigenvalue weighted by atomic mass is 10.0. The molecule has 0 heterocycles. The molecule has 0 aliphatic carbocycles. The van der Waals surface area contributed by atoms with Gasteiger partial charge in [-0.15, -0.1) is 0 Å². The van der Waals surface area contributed by atoms with Crippen molar-refractivity contribution in [2.45, 2.75) is 20.4 Å². The summed E-state index contributed by atoms with van der Waals surface area (Å²) in [5, 5.41) is 8.59. The third kappa shape index (κ3) is 1.99. The number of benzene rings is 1. The summed E-state index contributed by atoms with van der Waals surface area (Å²) in [5.74, 6) is 0.896. The smallest absolute Gasteiger partial charge is 0.124 e. The Labute approximate surface area is 78.3 Å². The minimum absolute atomic E-state index is 0.447. The number of hydroxylamine groups is 1. The van der Waals surface area contributed by atoms with Crippen LogP contribution in [0.1, 0.15) is 16.7 Å². The summed E-state index contributed by atoms with van der Waals surface area (Å²) in [6, 6.07) is 3.97. The van der Waals surface area contributed by atoms with Gasteiger partial charge >= 0.3 is 0 Å². The second-order valence-corrected chi connectivity index (χ2v) is 3.03. The third-order valence-electron chi connectivity index (χ3n) is 2.19. The van der Waals surface area contributed by atoms with Crippen LogP contribution in [0.2, 0.25) is 0 Å². The monoisotopic (exact) mass is 181 g/mol. The minimum Gasteiger partial charge on any atom is -0.496 e. The van der Waals surface area contributed by atoms with E-state index in [4.69, 9.17) is 9.94 Å². The zero-order chi connectivity index (χ0) is 9.84. The van der Waals surface area contributed by atoms with Gasteiger partial charge in [0.25, 0.3) is 0 Å². The predicted octanol–water partition coefficient (Wildman–Crippen LogP) is 1.79. The summed E-state index contributed by atoms with van der Waals surface area (Å²) >= 11 is 0. The maximum absolute atomic E-state index is 8.59. The summed E-state index contributed by atoms with van der Waals surface area (Å²) < 4.78 is 5.25. The first-order chi connectivity index (χ1) is 6.20. The number of aryl methyl sites for hydroxylation is 1. The number of methoxy groups -OCH3 is 1. The summed E-state index contributed by atoms with van der Waals surface area (Å²) in [7, 11) is 1.66. The Hall–Kier alpha value is -1.06. The van der Waals surface area contributed by atoms with Gasteiger partial charge in [0.05, 0.1) is 7.11 Å².